The molecule has 1 saturated heterocycles. The van der Waals surface area contributed by atoms with Crippen LogP contribution in [0.1, 0.15) is 18.2 Å². The molecule has 0 radical (unpaired) electrons. The highest BCUT2D eigenvalue weighted by molar-refractivity contribution is 9.11. The highest BCUT2D eigenvalue weighted by Gasteiger charge is 2.39. The highest BCUT2D eigenvalue weighted by atomic mass is 79.9. The van der Waals surface area contributed by atoms with E-state index in [9.17, 15) is 14.9 Å². The van der Waals surface area contributed by atoms with Crippen molar-refractivity contribution in [3.05, 3.63) is 44.1 Å². The van der Waals surface area contributed by atoms with Crippen LogP contribution in [0.4, 0.5) is 0 Å². The summed E-state index contributed by atoms with van der Waals surface area (Å²) < 4.78 is 6.02. The van der Waals surface area contributed by atoms with E-state index in [1.165, 1.54) is 27.6 Å². The lowest BCUT2D eigenvalue weighted by Gasteiger charge is -2.15. The molecule has 0 aliphatic carbocycles. The number of hydrogen-bond donors (Lipinski definition) is 0. The first-order valence-electron chi connectivity index (χ1n) is 7.66. The van der Waals surface area contributed by atoms with Crippen molar-refractivity contribution in [2.75, 3.05) is 13.2 Å². The molecule has 8 heteroatoms. The number of esters is 1. The molecule has 25 heavy (non-hydrogen) atoms. The summed E-state index contributed by atoms with van der Waals surface area (Å²) in [6, 6.07) is 5.90. The first-order valence-corrected chi connectivity index (χ1v) is 10.1. The van der Waals surface area contributed by atoms with Gasteiger partial charge in [-0.15, -0.1) is 11.3 Å². The van der Waals surface area contributed by atoms with Crippen LogP contribution in [-0.2, 0) is 20.7 Å². The number of nitrogens with zero attached hydrogens (tertiary/aromatic N) is 2. The third kappa shape index (κ3) is 4.75. The van der Waals surface area contributed by atoms with Crippen molar-refractivity contribution < 1.29 is 14.3 Å². The lowest BCUT2D eigenvalue weighted by atomic mass is 10.2. The van der Waals surface area contributed by atoms with Crippen LogP contribution in [-0.4, -0.2) is 35.2 Å². The van der Waals surface area contributed by atoms with Crippen LogP contribution in [0.25, 0.3) is 0 Å². The maximum atomic E-state index is 12.6. The van der Waals surface area contributed by atoms with Crippen LogP contribution >= 0.6 is 39.0 Å². The number of nitriles is 1. The molecule has 1 aliphatic heterocycles. The van der Waals surface area contributed by atoms with Crippen molar-refractivity contribution in [1.82, 2.24) is 4.90 Å². The van der Waals surface area contributed by atoms with E-state index in [2.05, 4.69) is 22.5 Å². The Labute approximate surface area is 163 Å². The monoisotopic (exact) mass is 440 g/mol. The summed E-state index contributed by atoms with van der Waals surface area (Å²) in [7, 11) is 0. The van der Waals surface area contributed by atoms with Gasteiger partial charge in [-0.3, -0.25) is 4.79 Å². The summed E-state index contributed by atoms with van der Waals surface area (Å²) in [6.45, 7) is 5.73. The molecule has 0 N–H and O–H groups in total. The molecule has 0 aromatic carbocycles. The van der Waals surface area contributed by atoms with Gasteiger partial charge in [-0.05, 0) is 47.8 Å². The van der Waals surface area contributed by atoms with Crippen molar-refractivity contribution >= 4 is 50.9 Å². The lowest BCUT2D eigenvalue weighted by molar-refractivity contribution is -0.137. The van der Waals surface area contributed by atoms with Gasteiger partial charge in [0.1, 0.15) is 17.7 Å². The van der Waals surface area contributed by atoms with Crippen molar-refractivity contribution in [3.63, 3.8) is 0 Å². The fourth-order valence-electron chi connectivity index (χ4n) is 2.35. The molecule has 0 bridgehead atoms. The zero-order valence-corrected chi connectivity index (χ0v) is 16.9. The minimum absolute atomic E-state index is 0.0265. The van der Waals surface area contributed by atoms with E-state index in [1.54, 1.807) is 11.3 Å². The number of halogens is 1. The summed E-state index contributed by atoms with van der Waals surface area (Å²) in [5, 5.41) is 9.45. The first-order chi connectivity index (χ1) is 12.0. The molecular formula is C17H17BrN2O3S2. The normalized spacial score (nSPS) is 18.8. The molecule has 0 saturated carbocycles. The second-order valence-electron chi connectivity index (χ2n) is 5.11. The first kappa shape index (κ1) is 19.8. The average Bonchev–Trinajstić information content (AvgIpc) is 3.15. The summed E-state index contributed by atoms with van der Waals surface area (Å²) in [6.07, 6.45) is 2.86. The van der Waals surface area contributed by atoms with Crippen LogP contribution in [0.15, 0.2) is 39.2 Å². The summed E-state index contributed by atoms with van der Waals surface area (Å²) in [5.41, 5.74) is -0.122. The zero-order valence-electron chi connectivity index (χ0n) is 13.7. The van der Waals surface area contributed by atoms with E-state index >= 15 is 0 Å². The van der Waals surface area contributed by atoms with Crippen molar-refractivity contribution in [2.45, 2.75) is 25.0 Å². The topological polar surface area (TPSA) is 70.4 Å². The Morgan fingerprint density at radius 1 is 1.56 bits per heavy atom. The van der Waals surface area contributed by atoms with Crippen LogP contribution < -0.4 is 0 Å². The maximum absolute atomic E-state index is 12.6. The van der Waals surface area contributed by atoms with Crippen molar-refractivity contribution in [2.24, 2.45) is 0 Å². The number of amides is 1. The van der Waals surface area contributed by atoms with Crippen molar-refractivity contribution in [1.29, 1.82) is 5.26 Å². The molecule has 2 heterocycles. The van der Waals surface area contributed by atoms with Gasteiger partial charge in [0, 0.05) is 11.4 Å². The molecule has 132 valence electrons. The molecule has 1 aromatic heterocycles. The van der Waals surface area contributed by atoms with Crippen LogP contribution in [0.5, 0.6) is 0 Å². The predicted octanol–water partition coefficient (Wildman–Crippen LogP) is 3.87. The standard InChI is InChI=1S/C17H17BrN2O3S2/c1-3-9-23-17(22)12(10-19)16-20(4-2)15(21)13(25-16)7-5-11-6-8-14(18)24-11/h3,6,8,13H,1,4-5,7,9H2,2H3/b16-12-. The molecule has 0 spiro atoms. The third-order valence-electron chi connectivity index (χ3n) is 3.50. The van der Waals surface area contributed by atoms with Gasteiger partial charge in [0.15, 0.2) is 5.57 Å². The smallest absolute Gasteiger partial charge is 0.351 e. The molecule has 1 fully saturated rings. The predicted molar refractivity (Wildman–Crippen MR) is 103 cm³/mol. The van der Waals surface area contributed by atoms with Gasteiger partial charge < -0.3 is 9.64 Å². The molecule has 1 unspecified atom stereocenters. The van der Waals surface area contributed by atoms with Gasteiger partial charge >= 0.3 is 5.97 Å². The van der Waals surface area contributed by atoms with Crippen molar-refractivity contribution in [3.8, 4) is 6.07 Å². The molecule has 2 rings (SSSR count). The number of ether oxygens (including phenoxy) is 1. The number of hydrogen-bond acceptors (Lipinski definition) is 6. The van der Waals surface area contributed by atoms with Crippen LogP contribution in [0.2, 0.25) is 0 Å². The van der Waals surface area contributed by atoms with Crippen LogP contribution in [0, 0.1) is 11.3 Å². The Bertz CT molecular complexity index is 751. The number of carbonyl (C=O) groups is 2. The van der Waals surface area contributed by atoms with E-state index in [4.69, 9.17) is 4.74 Å². The Morgan fingerprint density at radius 2 is 2.32 bits per heavy atom. The molecular weight excluding hydrogens is 424 g/mol. The van der Waals surface area contributed by atoms with Gasteiger partial charge in [0.25, 0.3) is 0 Å². The minimum Gasteiger partial charge on any atom is -0.457 e. The van der Waals surface area contributed by atoms with Gasteiger partial charge in [-0.25, -0.2) is 4.79 Å². The zero-order chi connectivity index (χ0) is 18.4. The second kappa shape index (κ2) is 9.22. The van der Waals surface area contributed by atoms with Gasteiger partial charge in [0.05, 0.1) is 9.04 Å². The molecule has 1 amide bonds. The quantitative estimate of drug-likeness (QED) is 0.278. The third-order valence-corrected chi connectivity index (χ3v) is 6.55. The van der Waals surface area contributed by atoms with E-state index < -0.39 is 5.97 Å². The van der Waals surface area contributed by atoms with Gasteiger partial charge in [0.2, 0.25) is 5.91 Å². The number of aryl methyl sites for hydroxylation is 1. The number of thioether (sulfide) groups is 1. The number of thiophene rings is 1. The molecule has 1 aromatic rings. The van der Waals surface area contributed by atoms with E-state index in [1.807, 2.05) is 25.1 Å². The molecule has 1 aliphatic rings. The number of rotatable bonds is 7. The Balaban J connectivity index is 2.17. The Hall–Kier alpha value is -1.56. The fourth-order valence-corrected chi connectivity index (χ4v) is 5.17. The summed E-state index contributed by atoms with van der Waals surface area (Å²) in [5.74, 6) is -0.790. The van der Waals surface area contributed by atoms with Crippen LogP contribution in [0.3, 0.4) is 0 Å². The minimum atomic E-state index is -0.723. The second-order valence-corrected chi connectivity index (χ2v) is 8.85. The average molecular weight is 441 g/mol. The van der Waals surface area contributed by atoms with E-state index in [0.29, 0.717) is 18.0 Å². The Kier molecular flexibility index (Phi) is 7.29. The largest absolute Gasteiger partial charge is 0.457 e. The maximum Gasteiger partial charge on any atom is 0.351 e. The fraction of sp³-hybridized carbons (Fsp3) is 0.353. The summed E-state index contributed by atoms with van der Waals surface area (Å²) in [4.78, 5) is 27.4. The Morgan fingerprint density at radius 3 is 2.88 bits per heavy atom. The SMILES string of the molecule is C=CCOC(=O)/C(C#N)=C1\SC(CCc2ccc(Br)s2)C(=O)N1CC. The molecule has 5 nitrogen and oxygen atoms in total. The van der Waals surface area contributed by atoms with E-state index in [-0.39, 0.29) is 23.3 Å². The summed E-state index contributed by atoms with van der Waals surface area (Å²) >= 11 is 6.34. The molecule has 1 atom stereocenters. The van der Waals surface area contributed by atoms with E-state index in [0.717, 1.165) is 10.2 Å². The number of carbonyl (C=O) groups excluding carboxylic acids is 2. The highest BCUT2D eigenvalue weighted by Crippen LogP contribution is 2.39. The lowest BCUT2D eigenvalue weighted by Crippen LogP contribution is -2.29. The van der Waals surface area contributed by atoms with Gasteiger partial charge in [-0.1, -0.05) is 24.4 Å². The van der Waals surface area contributed by atoms with Gasteiger partial charge in [-0.2, -0.15) is 5.26 Å².